The number of ether oxygens (including phenoxy) is 2. The quantitative estimate of drug-likeness (QED) is 0.491. The van der Waals surface area contributed by atoms with Crippen LogP contribution in [0.5, 0.6) is 28.7 Å². The van der Waals surface area contributed by atoms with Crippen molar-refractivity contribution in [1.29, 1.82) is 5.26 Å². The number of methoxy groups -OCH3 is 2. The minimum absolute atomic E-state index is 0.0136. The van der Waals surface area contributed by atoms with Crippen LogP contribution >= 0.6 is 0 Å². The Morgan fingerprint density at radius 3 is 2.34 bits per heavy atom. The fourth-order valence-corrected chi connectivity index (χ4v) is 6.33. The van der Waals surface area contributed by atoms with Crippen LogP contribution in [0.2, 0.25) is 0 Å². The molecular weight excluding hydrogens is 448 g/mol. The number of nitrogens with zero attached hydrogens (tertiary/aromatic N) is 3. The third kappa shape index (κ3) is 2.87. The molecule has 0 aromatic heterocycles. The van der Waals surface area contributed by atoms with Crippen molar-refractivity contribution < 1.29 is 24.8 Å². The first-order valence-corrected chi connectivity index (χ1v) is 11.5. The average Bonchev–Trinajstić information content (AvgIpc) is 2.83. The van der Waals surface area contributed by atoms with Gasteiger partial charge in [-0.1, -0.05) is 6.07 Å². The zero-order valence-electron chi connectivity index (χ0n) is 20.5. The first-order chi connectivity index (χ1) is 16.7. The predicted molar refractivity (Wildman–Crippen MR) is 129 cm³/mol. The maximum absolute atomic E-state index is 11.3. The van der Waals surface area contributed by atoms with Crippen LogP contribution in [-0.4, -0.2) is 65.0 Å². The van der Waals surface area contributed by atoms with Crippen LogP contribution in [0, 0.1) is 25.2 Å². The molecule has 0 amide bonds. The van der Waals surface area contributed by atoms with Crippen molar-refractivity contribution in [3.05, 3.63) is 45.1 Å². The minimum atomic E-state index is -0.579. The molecule has 0 unspecified atom stereocenters. The van der Waals surface area contributed by atoms with Gasteiger partial charge in [0.1, 0.15) is 11.8 Å². The summed E-state index contributed by atoms with van der Waals surface area (Å²) >= 11 is 0. The molecule has 0 radical (unpaired) electrons. The lowest BCUT2D eigenvalue weighted by molar-refractivity contribution is 0.0209. The lowest BCUT2D eigenvalue weighted by atomic mass is 9.75. The molecule has 5 rings (SSSR count). The van der Waals surface area contributed by atoms with Crippen LogP contribution in [0.1, 0.15) is 45.5 Å². The second-order valence-electron chi connectivity index (χ2n) is 9.47. The second kappa shape index (κ2) is 7.97. The predicted octanol–water partition coefficient (Wildman–Crippen LogP) is 2.60. The van der Waals surface area contributed by atoms with Crippen molar-refractivity contribution in [2.24, 2.45) is 5.73 Å². The van der Waals surface area contributed by atoms with Crippen LogP contribution in [0.4, 0.5) is 0 Å². The largest absolute Gasteiger partial charge is 0.507 e. The van der Waals surface area contributed by atoms with Gasteiger partial charge < -0.3 is 35.4 Å². The summed E-state index contributed by atoms with van der Waals surface area (Å²) in [6, 6.07) is 2.74. The van der Waals surface area contributed by atoms with Crippen molar-refractivity contribution in [3.63, 3.8) is 0 Å². The number of fused-ring (bicyclic) bond motifs is 7. The topological polar surface area (TPSA) is 135 Å². The van der Waals surface area contributed by atoms with Gasteiger partial charge in [0.2, 0.25) is 0 Å². The molecule has 2 bridgehead atoms. The molecule has 0 aliphatic carbocycles. The monoisotopic (exact) mass is 478 g/mol. The maximum atomic E-state index is 11.3. The molecule has 3 aliphatic heterocycles. The van der Waals surface area contributed by atoms with E-state index in [1.165, 1.54) is 14.2 Å². The van der Waals surface area contributed by atoms with E-state index in [9.17, 15) is 20.6 Å². The SMILES string of the molecule is COc1c(C)cc2c(c1O)[C@@H]1C3=Cc4c(O)c(C)c(OC)c(O)c4[C@H](CN)N3[C@@H](C#N)[C@H](C2)N1C. The molecule has 35 heavy (non-hydrogen) atoms. The van der Waals surface area contributed by atoms with Gasteiger partial charge in [-0.25, -0.2) is 0 Å². The van der Waals surface area contributed by atoms with Crippen LogP contribution in [-0.2, 0) is 6.42 Å². The molecule has 0 saturated carbocycles. The Morgan fingerprint density at radius 1 is 1.09 bits per heavy atom. The standard InChI is InChI=1S/C26H30N4O5/c1-11-6-13-7-15-17(9-27)30-16(21(29(15)3)19(13)23(32)25(11)34-4)8-14-20(18(30)10-28)24(33)26(35-5)12(2)22(14)31/h6,8,15,17-18,21,31-33H,7,10,28H2,1-5H3/t15-,17-,18-,21-/m0/s1. The summed E-state index contributed by atoms with van der Waals surface area (Å²) in [6.45, 7) is 3.66. The van der Waals surface area contributed by atoms with E-state index in [0.717, 1.165) is 16.8 Å². The lowest BCUT2D eigenvalue weighted by Crippen LogP contribution is -2.62. The Balaban J connectivity index is 1.85. The third-order valence-electron chi connectivity index (χ3n) is 7.88. The van der Waals surface area contributed by atoms with Gasteiger partial charge >= 0.3 is 0 Å². The first-order valence-electron chi connectivity index (χ1n) is 11.5. The van der Waals surface area contributed by atoms with E-state index in [1.54, 1.807) is 13.0 Å². The zero-order valence-corrected chi connectivity index (χ0v) is 20.5. The fourth-order valence-electron chi connectivity index (χ4n) is 6.33. The molecule has 2 aromatic carbocycles. The number of benzene rings is 2. The molecule has 1 saturated heterocycles. The van der Waals surface area contributed by atoms with Gasteiger partial charge in [-0.2, -0.15) is 5.26 Å². The molecule has 2 aromatic rings. The highest BCUT2D eigenvalue weighted by molar-refractivity contribution is 5.76. The van der Waals surface area contributed by atoms with Crippen molar-refractivity contribution >= 4 is 6.08 Å². The van der Waals surface area contributed by atoms with E-state index < -0.39 is 18.1 Å². The molecule has 184 valence electrons. The third-order valence-corrected chi connectivity index (χ3v) is 7.88. The number of aromatic hydroxyl groups is 3. The average molecular weight is 479 g/mol. The van der Waals surface area contributed by atoms with Gasteiger partial charge in [0, 0.05) is 40.5 Å². The Labute approximate surface area is 204 Å². The highest BCUT2D eigenvalue weighted by Crippen LogP contribution is 2.57. The second-order valence-corrected chi connectivity index (χ2v) is 9.47. The summed E-state index contributed by atoms with van der Waals surface area (Å²) in [5.41, 5.74) is 10.8. The number of aryl methyl sites for hydroxylation is 1. The van der Waals surface area contributed by atoms with Gasteiger partial charge in [-0.15, -0.1) is 0 Å². The molecule has 4 atom stereocenters. The highest BCUT2D eigenvalue weighted by Gasteiger charge is 2.52. The number of phenols is 3. The van der Waals surface area contributed by atoms with E-state index in [0.29, 0.717) is 34.4 Å². The number of hydrogen-bond acceptors (Lipinski definition) is 9. The number of rotatable bonds is 3. The molecule has 9 nitrogen and oxygen atoms in total. The summed E-state index contributed by atoms with van der Waals surface area (Å²) in [5.74, 6) is 0.563. The van der Waals surface area contributed by atoms with Gasteiger partial charge in [0.25, 0.3) is 0 Å². The van der Waals surface area contributed by atoms with Gasteiger partial charge in [0.05, 0.1) is 32.4 Å². The number of likely N-dealkylation sites (N-methyl/N-ethyl adjacent to an activating group) is 1. The van der Waals surface area contributed by atoms with E-state index >= 15 is 0 Å². The number of nitriles is 1. The Morgan fingerprint density at radius 2 is 1.74 bits per heavy atom. The molecule has 9 heteroatoms. The van der Waals surface area contributed by atoms with Crippen LogP contribution in [0.25, 0.3) is 6.08 Å². The van der Waals surface area contributed by atoms with E-state index in [2.05, 4.69) is 11.0 Å². The lowest BCUT2D eigenvalue weighted by Gasteiger charge is -2.57. The van der Waals surface area contributed by atoms with E-state index in [4.69, 9.17) is 15.2 Å². The van der Waals surface area contributed by atoms with Crippen LogP contribution < -0.4 is 15.2 Å². The van der Waals surface area contributed by atoms with E-state index in [-0.39, 0.29) is 35.6 Å². The van der Waals surface area contributed by atoms with Gasteiger partial charge in [-0.05, 0) is 44.5 Å². The summed E-state index contributed by atoms with van der Waals surface area (Å²) in [5, 5.41) is 43.9. The number of nitrogens with two attached hydrogens (primary N) is 1. The molecule has 1 fully saturated rings. The summed E-state index contributed by atoms with van der Waals surface area (Å²) in [7, 11) is 4.90. The van der Waals surface area contributed by atoms with Crippen LogP contribution in [0.15, 0.2) is 11.8 Å². The van der Waals surface area contributed by atoms with Crippen molar-refractivity contribution in [1.82, 2.24) is 9.80 Å². The van der Waals surface area contributed by atoms with E-state index in [1.807, 2.05) is 24.9 Å². The van der Waals surface area contributed by atoms with Crippen molar-refractivity contribution in [3.8, 4) is 34.8 Å². The number of piperazine rings is 1. The van der Waals surface area contributed by atoms with Crippen LogP contribution in [0.3, 0.4) is 0 Å². The molecule has 3 heterocycles. The fraction of sp³-hybridized carbons (Fsp3) is 0.423. The highest BCUT2D eigenvalue weighted by atomic mass is 16.5. The Bertz CT molecular complexity index is 1310. The molecule has 3 aliphatic rings. The van der Waals surface area contributed by atoms with Crippen molar-refractivity contribution in [2.45, 2.75) is 44.4 Å². The zero-order chi connectivity index (χ0) is 25.3. The normalized spacial score (nSPS) is 24.6. The maximum Gasteiger partial charge on any atom is 0.167 e. The molecule has 5 N–H and O–H groups in total. The van der Waals surface area contributed by atoms with Crippen molar-refractivity contribution in [2.75, 3.05) is 27.8 Å². The minimum Gasteiger partial charge on any atom is -0.507 e. The molecule has 0 spiro atoms. The molecular formula is C26H30N4O5. The Kier molecular flexibility index (Phi) is 5.27. The number of phenolic OH excluding ortho intramolecular Hbond substituents is 3. The smallest absolute Gasteiger partial charge is 0.167 e. The Hall–Kier alpha value is -3.61. The summed E-state index contributed by atoms with van der Waals surface area (Å²) < 4.78 is 10.9. The van der Waals surface area contributed by atoms with Gasteiger partial charge in [-0.3, -0.25) is 4.90 Å². The summed E-state index contributed by atoms with van der Waals surface area (Å²) in [6.07, 6.45) is 2.35. The van der Waals surface area contributed by atoms with Gasteiger partial charge in [0.15, 0.2) is 23.0 Å². The number of hydrogen-bond donors (Lipinski definition) is 4. The summed E-state index contributed by atoms with van der Waals surface area (Å²) in [4.78, 5) is 4.04. The first kappa shape index (κ1) is 23.1.